The average molecular weight is 416 g/mol. The maximum Gasteiger partial charge on any atom is 0.223 e. The standard InChI is InChI=1S/C21H22F2N4OS/c1-12-19-18(11-29-12)25-13(2)26-20(19)27-7-5-14(6-8-27)21(28)24-10-15-3-4-16(22)9-17(15)23/h3-4,9,11,14H,5-8,10H2,1-2H3,(H,24,28). The van der Waals surface area contributed by atoms with Gasteiger partial charge in [0.05, 0.1) is 10.9 Å². The van der Waals surface area contributed by atoms with E-state index in [1.54, 1.807) is 11.3 Å². The lowest BCUT2D eigenvalue weighted by atomic mass is 9.95. The van der Waals surface area contributed by atoms with Gasteiger partial charge < -0.3 is 10.2 Å². The number of anilines is 1. The first-order valence-corrected chi connectivity index (χ1v) is 10.5. The third-order valence-electron chi connectivity index (χ3n) is 5.36. The highest BCUT2D eigenvalue weighted by Crippen LogP contribution is 2.33. The number of benzene rings is 1. The number of nitrogens with zero attached hydrogens (tertiary/aromatic N) is 3. The van der Waals surface area contributed by atoms with Crippen LogP contribution in [0.4, 0.5) is 14.6 Å². The van der Waals surface area contributed by atoms with Gasteiger partial charge in [-0.15, -0.1) is 11.3 Å². The quantitative estimate of drug-likeness (QED) is 0.695. The first kappa shape index (κ1) is 19.7. The highest BCUT2D eigenvalue weighted by atomic mass is 32.1. The van der Waals surface area contributed by atoms with Gasteiger partial charge in [-0.1, -0.05) is 6.07 Å². The Hall–Kier alpha value is -2.61. The van der Waals surface area contributed by atoms with Crippen LogP contribution in [0.25, 0.3) is 10.9 Å². The van der Waals surface area contributed by atoms with Gasteiger partial charge in [-0.05, 0) is 32.8 Å². The summed E-state index contributed by atoms with van der Waals surface area (Å²) < 4.78 is 26.7. The van der Waals surface area contributed by atoms with E-state index in [1.807, 2.05) is 6.92 Å². The Kier molecular flexibility index (Phi) is 5.45. The molecular weight excluding hydrogens is 394 g/mol. The third kappa shape index (κ3) is 4.07. The maximum atomic E-state index is 13.7. The number of carbonyl (C=O) groups is 1. The lowest BCUT2D eigenvalue weighted by Crippen LogP contribution is -2.41. The van der Waals surface area contributed by atoms with E-state index in [-0.39, 0.29) is 23.9 Å². The van der Waals surface area contributed by atoms with E-state index in [0.29, 0.717) is 12.8 Å². The van der Waals surface area contributed by atoms with Crippen molar-refractivity contribution in [3.63, 3.8) is 0 Å². The molecule has 1 aromatic carbocycles. The number of aromatic nitrogens is 2. The first-order chi connectivity index (χ1) is 13.9. The summed E-state index contributed by atoms with van der Waals surface area (Å²) in [4.78, 5) is 25.1. The molecule has 0 spiro atoms. The van der Waals surface area contributed by atoms with Crippen LogP contribution in [0.15, 0.2) is 23.6 Å². The van der Waals surface area contributed by atoms with Crippen LogP contribution in [0, 0.1) is 31.4 Å². The smallest absolute Gasteiger partial charge is 0.223 e. The molecule has 1 amide bonds. The van der Waals surface area contributed by atoms with Crippen LogP contribution in [-0.4, -0.2) is 29.0 Å². The van der Waals surface area contributed by atoms with Gasteiger partial charge in [0, 0.05) is 47.4 Å². The minimum absolute atomic E-state index is 0.0605. The fourth-order valence-electron chi connectivity index (χ4n) is 3.78. The van der Waals surface area contributed by atoms with Gasteiger partial charge in [0.1, 0.15) is 23.3 Å². The minimum Gasteiger partial charge on any atom is -0.356 e. The number of amides is 1. The topological polar surface area (TPSA) is 58.1 Å². The van der Waals surface area contributed by atoms with Gasteiger partial charge >= 0.3 is 0 Å². The molecule has 1 N–H and O–H groups in total. The molecule has 0 unspecified atom stereocenters. The van der Waals surface area contributed by atoms with Crippen LogP contribution >= 0.6 is 11.3 Å². The van der Waals surface area contributed by atoms with Crippen LogP contribution in [0.1, 0.15) is 29.1 Å². The number of aryl methyl sites for hydroxylation is 2. The van der Waals surface area contributed by atoms with Crippen molar-refractivity contribution in [1.29, 1.82) is 0 Å². The zero-order valence-electron chi connectivity index (χ0n) is 16.3. The first-order valence-electron chi connectivity index (χ1n) is 9.61. The molecular formula is C21H22F2N4OS. The van der Waals surface area contributed by atoms with Crippen molar-refractivity contribution < 1.29 is 13.6 Å². The van der Waals surface area contributed by atoms with E-state index in [1.165, 1.54) is 17.0 Å². The largest absolute Gasteiger partial charge is 0.356 e. The molecule has 1 aliphatic rings. The van der Waals surface area contributed by atoms with Crippen molar-refractivity contribution in [3.8, 4) is 0 Å². The van der Waals surface area contributed by atoms with Crippen molar-refractivity contribution in [1.82, 2.24) is 15.3 Å². The molecule has 0 bridgehead atoms. The molecule has 2 aromatic heterocycles. The van der Waals surface area contributed by atoms with Crippen molar-refractivity contribution in [2.45, 2.75) is 33.2 Å². The van der Waals surface area contributed by atoms with Crippen LogP contribution in [0.5, 0.6) is 0 Å². The van der Waals surface area contributed by atoms with Crippen LogP contribution in [0.3, 0.4) is 0 Å². The van der Waals surface area contributed by atoms with E-state index >= 15 is 0 Å². The van der Waals surface area contributed by atoms with Crippen LogP contribution in [-0.2, 0) is 11.3 Å². The van der Waals surface area contributed by atoms with Gasteiger partial charge in [0.15, 0.2) is 0 Å². The van der Waals surface area contributed by atoms with E-state index in [0.717, 1.165) is 41.7 Å². The van der Waals surface area contributed by atoms with Gasteiger partial charge in [-0.3, -0.25) is 4.79 Å². The predicted octanol–water partition coefficient (Wildman–Crippen LogP) is 4.12. The summed E-state index contributed by atoms with van der Waals surface area (Å²) in [7, 11) is 0. The number of nitrogens with one attached hydrogen (secondary N) is 1. The summed E-state index contributed by atoms with van der Waals surface area (Å²) in [6, 6.07) is 3.39. The normalized spacial score (nSPS) is 15.1. The van der Waals surface area contributed by atoms with Gasteiger partial charge in [-0.25, -0.2) is 18.7 Å². The van der Waals surface area contributed by atoms with Crippen molar-refractivity contribution >= 4 is 34.0 Å². The third-order valence-corrected chi connectivity index (χ3v) is 6.26. The number of fused-ring (bicyclic) bond motifs is 1. The second kappa shape index (κ2) is 8.02. The molecule has 5 nitrogen and oxygen atoms in total. The summed E-state index contributed by atoms with van der Waals surface area (Å²) in [5.41, 5.74) is 1.25. The average Bonchev–Trinajstić information content (AvgIpc) is 3.07. The molecule has 0 saturated carbocycles. The fraction of sp³-hybridized carbons (Fsp3) is 0.381. The lowest BCUT2D eigenvalue weighted by molar-refractivity contribution is -0.125. The minimum atomic E-state index is -0.644. The number of rotatable bonds is 4. The Balaban J connectivity index is 1.39. The maximum absolute atomic E-state index is 13.7. The Morgan fingerprint density at radius 1 is 1.24 bits per heavy atom. The molecule has 0 radical (unpaired) electrons. The molecule has 3 heterocycles. The number of halogens is 2. The summed E-state index contributed by atoms with van der Waals surface area (Å²) in [5, 5.41) is 5.93. The molecule has 3 aromatic rings. The molecule has 8 heteroatoms. The van der Waals surface area contributed by atoms with Crippen LogP contribution in [0.2, 0.25) is 0 Å². The van der Waals surface area contributed by atoms with E-state index in [9.17, 15) is 13.6 Å². The SMILES string of the molecule is Cc1nc(N2CCC(C(=O)NCc3ccc(F)cc3F)CC2)c2c(C)scc2n1. The molecule has 1 saturated heterocycles. The lowest BCUT2D eigenvalue weighted by Gasteiger charge is -2.32. The Morgan fingerprint density at radius 2 is 2.00 bits per heavy atom. The molecule has 1 fully saturated rings. The zero-order chi connectivity index (χ0) is 20.5. The highest BCUT2D eigenvalue weighted by Gasteiger charge is 2.27. The zero-order valence-corrected chi connectivity index (χ0v) is 17.2. The molecule has 152 valence electrons. The summed E-state index contributed by atoms with van der Waals surface area (Å²) in [6.45, 7) is 5.48. The Labute approximate surface area is 171 Å². The van der Waals surface area contributed by atoms with E-state index in [2.05, 4.69) is 32.5 Å². The highest BCUT2D eigenvalue weighted by molar-refractivity contribution is 7.11. The van der Waals surface area contributed by atoms with Crippen LogP contribution < -0.4 is 10.2 Å². The molecule has 29 heavy (non-hydrogen) atoms. The number of hydrogen-bond acceptors (Lipinski definition) is 5. The summed E-state index contributed by atoms with van der Waals surface area (Å²) in [5.74, 6) is 0.195. The molecule has 1 aliphatic heterocycles. The van der Waals surface area contributed by atoms with E-state index in [4.69, 9.17) is 0 Å². The summed E-state index contributed by atoms with van der Waals surface area (Å²) >= 11 is 1.67. The van der Waals surface area contributed by atoms with Crippen molar-refractivity contribution in [2.75, 3.05) is 18.0 Å². The van der Waals surface area contributed by atoms with Gasteiger partial charge in [0.25, 0.3) is 0 Å². The summed E-state index contributed by atoms with van der Waals surface area (Å²) in [6.07, 6.45) is 1.40. The Morgan fingerprint density at radius 3 is 2.72 bits per heavy atom. The molecule has 0 atom stereocenters. The number of thiophene rings is 1. The number of hydrogen-bond donors (Lipinski definition) is 1. The number of carbonyl (C=O) groups excluding carboxylic acids is 1. The molecule has 4 rings (SSSR count). The fourth-order valence-corrected chi connectivity index (χ4v) is 4.55. The van der Waals surface area contributed by atoms with Crippen molar-refractivity contribution in [2.24, 2.45) is 5.92 Å². The number of piperidine rings is 1. The second-order valence-electron chi connectivity index (χ2n) is 7.36. The van der Waals surface area contributed by atoms with Gasteiger partial charge in [0.2, 0.25) is 5.91 Å². The molecule has 0 aliphatic carbocycles. The van der Waals surface area contributed by atoms with E-state index < -0.39 is 11.6 Å². The van der Waals surface area contributed by atoms with Gasteiger partial charge in [-0.2, -0.15) is 0 Å². The predicted molar refractivity (Wildman–Crippen MR) is 110 cm³/mol. The monoisotopic (exact) mass is 416 g/mol. The van der Waals surface area contributed by atoms with Crippen molar-refractivity contribution in [3.05, 3.63) is 51.5 Å². The second-order valence-corrected chi connectivity index (χ2v) is 8.45. The Bertz CT molecular complexity index is 1060.